The van der Waals surface area contributed by atoms with E-state index in [2.05, 4.69) is 16.5 Å². The second-order valence-electron chi connectivity index (χ2n) is 4.96. The van der Waals surface area contributed by atoms with Gasteiger partial charge in [0.15, 0.2) is 0 Å². The summed E-state index contributed by atoms with van der Waals surface area (Å²) >= 11 is 0. The zero-order valence-corrected chi connectivity index (χ0v) is 11.3. The normalized spacial score (nSPS) is 18.1. The Morgan fingerprint density at radius 1 is 1.50 bits per heavy atom. The third kappa shape index (κ3) is 2.52. The van der Waals surface area contributed by atoms with Crippen LogP contribution in [0.15, 0.2) is 42.7 Å². The number of benzene rings is 1. The number of hydrogen-bond donors (Lipinski definition) is 1. The van der Waals surface area contributed by atoms with Gasteiger partial charge in [-0.1, -0.05) is 18.2 Å². The molecule has 0 radical (unpaired) electrons. The first-order valence-electron chi connectivity index (χ1n) is 6.75. The van der Waals surface area contributed by atoms with Crippen LogP contribution in [0, 0.1) is 0 Å². The van der Waals surface area contributed by atoms with Crippen molar-refractivity contribution in [1.29, 1.82) is 0 Å². The fourth-order valence-corrected chi connectivity index (χ4v) is 2.36. The molecule has 5 heteroatoms. The van der Waals surface area contributed by atoms with E-state index in [4.69, 9.17) is 4.74 Å². The minimum Gasteiger partial charge on any atom is -0.488 e. The Morgan fingerprint density at radius 2 is 2.35 bits per heavy atom. The van der Waals surface area contributed by atoms with Gasteiger partial charge in [-0.2, -0.15) is 5.10 Å². The van der Waals surface area contributed by atoms with Crippen LogP contribution in [0.1, 0.15) is 18.5 Å². The third-order valence-corrected chi connectivity index (χ3v) is 3.52. The summed E-state index contributed by atoms with van der Waals surface area (Å²) in [6.45, 7) is 2.34. The molecule has 20 heavy (non-hydrogen) atoms. The molecule has 0 fully saturated rings. The maximum atomic E-state index is 12.0. The fourth-order valence-electron chi connectivity index (χ4n) is 2.36. The molecule has 3 rings (SSSR count). The van der Waals surface area contributed by atoms with E-state index in [0.29, 0.717) is 6.54 Å². The predicted octanol–water partition coefficient (Wildman–Crippen LogP) is 1.56. The van der Waals surface area contributed by atoms with E-state index in [1.807, 2.05) is 25.1 Å². The van der Waals surface area contributed by atoms with E-state index >= 15 is 0 Å². The number of fused-ring (bicyclic) bond motifs is 1. The van der Waals surface area contributed by atoms with Gasteiger partial charge in [0, 0.05) is 18.8 Å². The van der Waals surface area contributed by atoms with Crippen molar-refractivity contribution in [3.63, 3.8) is 0 Å². The van der Waals surface area contributed by atoms with E-state index in [-0.39, 0.29) is 18.1 Å². The van der Waals surface area contributed by atoms with Gasteiger partial charge in [-0.25, -0.2) is 0 Å². The van der Waals surface area contributed by atoms with Crippen molar-refractivity contribution in [2.24, 2.45) is 0 Å². The number of amides is 1. The summed E-state index contributed by atoms with van der Waals surface area (Å²) in [4.78, 5) is 12.0. The standard InChI is InChI=1S/C15H17N3O2/c1-11(18-8-4-7-17-18)15(19)16-10-13-9-12-5-2-3-6-14(12)20-13/h2-8,11,13H,9-10H2,1H3,(H,16,19). The van der Waals surface area contributed by atoms with Crippen molar-refractivity contribution in [3.05, 3.63) is 48.3 Å². The lowest BCUT2D eigenvalue weighted by Gasteiger charge is -2.15. The number of nitrogens with one attached hydrogen (secondary N) is 1. The zero-order chi connectivity index (χ0) is 13.9. The Kier molecular flexibility index (Phi) is 3.41. The van der Waals surface area contributed by atoms with Crippen LogP contribution in [0.2, 0.25) is 0 Å². The van der Waals surface area contributed by atoms with Gasteiger partial charge in [-0.05, 0) is 24.6 Å². The first-order chi connectivity index (χ1) is 9.74. The number of carbonyl (C=O) groups excluding carboxylic acids is 1. The number of para-hydroxylation sites is 1. The highest BCUT2D eigenvalue weighted by Crippen LogP contribution is 2.27. The van der Waals surface area contributed by atoms with E-state index < -0.39 is 0 Å². The monoisotopic (exact) mass is 271 g/mol. The lowest BCUT2D eigenvalue weighted by molar-refractivity contribution is -0.124. The van der Waals surface area contributed by atoms with Crippen molar-refractivity contribution in [2.75, 3.05) is 6.54 Å². The van der Waals surface area contributed by atoms with Crippen molar-refractivity contribution in [2.45, 2.75) is 25.5 Å². The number of aromatic nitrogens is 2. The topological polar surface area (TPSA) is 56.1 Å². The molecular formula is C15H17N3O2. The van der Waals surface area contributed by atoms with Gasteiger partial charge in [0.05, 0.1) is 6.54 Å². The van der Waals surface area contributed by atoms with Gasteiger partial charge in [-0.3, -0.25) is 9.48 Å². The van der Waals surface area contributed by atoms with Crippen LogP contribution in [-0.4, -0.2) is 28.3 Å². The quantitative estimate of drug-likeness (QED) is 0.918. The largest absolute Gasteiger partial charge is 0.488 e. The highest BCUT2D eigenvalue weighted by molar-refractivity contribution is 5.79. The molecule has 5 nitrogen and oxygen atoms in total. The molecule has 2 atom stereocenters. The minimum absolute atomic E-state index is 0.0150. The summed E-state index contributed by atoms with van der Waals surface area (Å²) in [6, 6.07) is 9.48. The Balaban J connectivity index is 1.53. The van der Waals surface area contributed by atoms with Crippen LogP contribution < -0.4 is 10.1 Å². The summed E-state index contributed by atoms with van der Waals surface area (Å²) in [5.41, 5.74) is 1.20. The Hall–Kier alpha value is -2.30. The van der Waals surface area contributed by atoms with Crippen molar-refractivity contribution in [3.8, 4) is 5.75 Å². The van der Waals surface area contributed by atoms with Crippen molar-refractivity contribution in [1.82, 2.24) is 15.1 Å². The van der Waals surface area contributed by atoms with Crippen LogP contribution >= 0.6 is 0 Å². The van der Waals surface area contributed by atoms with Crippen molar-refractivity contribution < 1.29 is 9.53 Å². The van der Waals surface area contributed by atoms with Crippen LogP contribution in [0.5, 0.6) is 5.75 Å². The van der Waals surface area contributed by atoms with Gasteiger partial charge in [-0.15, -0.1) is 0 Å². The number of carbonyl (C=O) groups is 1. The second kappa shape index (κ2) is 5.36. The molecule has 0 saturated heterocycles. The Bertz CT molecular complexity index is 570. The first-order valence-corrected chi connectivity index (χ1v) is 6.75. The smallest absolute Gasteiger partial charge is 0.244 e. The van der Waals surface area contributed by atoms with Crippen LogP contribution in [0.4, 0.5) is 0 Å². The van der Waals surface area contributed by atoms with E-state index in [0.717, 1.165) is 12.2 Å². The van der Waals surface area contributed by atoms with E-state index in [1.54, 1.807) is 23.1 Å². The molecule has 1 aliphatic rings. The summed E-state index contributed by atoms with van der Waals surface area (Å²) in [5, 5.41) is 7.00. The summed E-state index contributed by atoms with van der Waals surface area (Å²) in [5.74, 6) is 0.875. The third-order valence-electron chi connectivity index (χ3n) is 3.52. The highest BCUT2D eigenvalue weighted by atomic mass is 16.5. The zero-order valence-electron chi connectivity index (χ0n) is 11.3. The highest BCUT2D eigenvalue weighted by Gasteiger charge is 2.23. The molecule has 2 heterocycles. The molecular weight excluding hydrogens is 254 g/mol. The van der Waals surface area contributed by atoms with Crippen LogP contribution in [0.25, 0.3) is 0 Å². The lowest BCUT2D eigenvalue weighted by Crippen LogP contribution is -2.38. The van der Waals surface area contributed by atoms with Gasteiger partial charge < -0.3 is 10.1 Å². The average Bonchev–Trinajstić information content (AvgIpc) is 3.12. The lowest BCUT2D eigenvalue weighted by atomic mass is 10.1. The molecule has 1 aromatic carbocycles. The second-order valence-corrected chi connectivity index (χ2v) is 4.96. The SMILES string of the molecule is CC(C(=O)NCC1Cc2ccccc2O1)n1cccn1. The van der Waals surface area contributed by atoms with E-state index in [1.165, 1.54) is 5.56 Å². The molecule has 1 amide bonds. The molecule has 0 aliphatic carbocycles. The fraction of sp³-hybridized carbons (Fsp3) is 0.333. The molecule has 0 saturated carbocycles. The van der Waals surface area contributed by atoms with Gasteiger partial charge in [0.2, 0.25) is 5.91 Å². The minimum atomic E-state index is -0.311. The van der Waals surface area contributed by atoms with Crippen LogP contribution in [-0.2, 0) is 11.2 Å². The molecule has 0 bridgehead atoms. The molecule has 1 aromatic heterocycles. The van der Waals surface area contributed by atoms with Crippen LogP contribution in [0.3, 0.4) is 0 Å². The predicted molar refractivity (Wildman–Crippen MR) is 74.5 cm³/mol. The molecule has 0 spiro atoms. The Labute approximate surface area is 117 Å². The number of nitrogens with zero attached hydrogens (tertiary/aromatic N) is 2. The first kappa shape index (κ1) is 12.7. The molecule has 2 aromatic rings. The number of rotatable bonds is 4. The number of hydrogen-bond acceptors (Lipinski definition) is 3. The summed E-state index contributed by atoms with van der Waals surface area (Å²) in [6.07, 6.45) is 4.31. The van der Waals surface area contributed by atoms with Gasteiger partial charge in [0.1, 0.15) is 17.9 Å². The van der Waals surface area contributed by atoms with E-state index in [9.17, 15) is 4.79 Å². The average molecular weight is 271 g/mol. The summed E-state index contributed by atoms with van der Waals surface area (Å²) in [7, 11) is 0. The molecule has 1 N–H and O–H groups in total. The number of ether oxygens (including phenoxy) is 1. The molecule has 2 unspecified atom stereocenters. The maximum absolute atomic E-state index is 12.0. The molecule has 1 aliphatic heterocycles. The maximum Gasteiger partial charge on any atom is 0.244 e. The molecule has 104 valence electrons. The van der Waals surface area contributed by atoms with Gasteiger partial charge >= 0.3 is 0 Å². The van der Waals surface area contributed by atoms with Crippen molar-refractivity contribution >= 4 is 5.91 Å². The Morgan fingerprint density at radius 3 is 3.10 bits per heavy atom. The van der Waals surface area contributed by atoms with Gasteiger partial charge in [0.25, 0.3) is 0 Å². The summed E-state index contributed by atoms with van der Waals surface area (Å²) < 4.78 is 7.43.